The van der Waals surface area contributed by atoms with Gasteiger partial charge in [0.1, 0.15) is 12.2 Å². The minimum absolute atomic E-state index is 0.0650. The number of aromatic nitrogens is 3. The van der Waals surface area contributed by atoms with Crippen molar-refractivity contribution in [3.05, 3.63) is 47.0 Å². The molecule has 1 aromatic carbocycles. The number of hydrogen-bond donors (Lipinski definition) is 2. The van der Waals surface area contributed by atoms with Crippen LogP contribution in [-0.2, 0) is 19.4 Å². The molecule has 0 saturated carbocycles. The standard InChI is InChI=1S/C14H16N4O/c19-14(15-8-13-16-9-17-18-13)12-6-5-10-3-1-2-4-11(10)7-12/h5-7,9H,1-4,8H2,(H,15,19)(H,16,17,18). The summed E-state index contributed by atoms with van der Waals surface area (Å²) in [6.45, 7) is 0.371. The number of hydrogen-bond acceptors (Lipinski definition) is 3. The predicted octanol–water partition coefficient (Wildman–Crippen LogP) is 1.61. The Morgan fingerprint density at radius 1 is 1.26 bits per heavy atom. The number of nitrogens with one attached hydrogen (secondary N) is 2. The summed E-state index contributed by atoms with van der Waals surface area (Å²) in [4.78, 5) is 16.0. The zero-order valence-electron chi connectivity index (χ0n) is 10.6. The third-order valence-electron chi connectivity index (χ3n) is 3.49. The molecule has 0 radical (unpaired) electrons. The van der Waals surface area contributed by atoms with Crippen molar-refractivity contribution in [2.75, 3.05) is 0 Å². The van der Waals surface area contributed by atoms with Crippen molar-refractivity contribution in [3.63, 3.8) is 0 Å². The minimum atomic E-state index is -0.0650. The number of aryl methyl sites for hydroxylation is 2. The van der Waals surface area contributed by atoms with E-state index in [2.05, 4.69) is 26.6 Å². The van der Waals surface area contributed by atoms with E-state index < -0.39 is 0 Å². The van der Waals surface area contributed by atoms with Crippen molar-refractivity contribution >= 4 is 5.91 Å². The first-order chi connectivity index (χ1) is 9.33. The van der Waals surface area contributed by atoms with Crippen LogP contribution in [0.25, 0.3) is 0 Å². The smallest absolute Gasteiger partial charge is 0.251 e. The lowest BCUT2D eigenvalue weighted by molar-refractivity contribution is 0.0950. The molecule has 0 fully saturated rings. The molecule has 1 aliphatic carbocycles. The van der Waals surface area contributed by atoms with Gasteiger partial charge in [-0.15, -0.1) is 0 Å². The minimum Gasteiger partial charge on any atom is -0.345 e. The van der Waals surface area contributed by atoms with E-state index in [1.165, 1.54) is 30.3 Å². The fourth-order valence-electron chi connectivity index (χ4n) is 2.46. The van der Waals surface area contributed by atoms with Gasteiger partial charge in [0.05, 0.1) is 6.54 Å². The van der Waals surface area contributed by atoms with Gasteiger partial charge in [-0.25, -0.2) is 4.98 Å². The highest BCUT2D eigenvalue weighted by molar-refractivity contribution is 5.94. The Kier molecular flexibility index (Phi) is 3.27. The average molecular weight is 256 g/mol. The molecule has 5 nitrogen and oxygen atoms in total. The normalized spacial score (nSPS) is 13.9. The summed E-state index contributed by atoms with van der Waals surface area (Å²) in [5, 5.41) is 9.30. The number of amides is 1. The van der Waals surface area contributed by atoms with Gasteiger partial charge in [0.2, 0.25) is 0 Å². The zero-order chi connectivity index (χ0) is 13.1. The topological polar surface area (TPSA) is 70.7 Å². The predicted molar refractivity (Wildman–Crippen MR) is 70.6 cm³/mol. The molecule has 0 aliphatic heterocycles. The van der Waals surface area contributed by atoms with Gasteiger partial charge in [-0.05, 0) is 48.9 Å². The van der Waals surface area contributed by atoms with Gasteiger partial charge in [-0.1, -0.05) is 6.07 Å². The van der Waals surface area contributed by atoms with Crippen LogP contribution in [0.15, 0.2) is 24.5 Å². The fraction of sp³-hybridized carbons (Fsp3) is 0.357. The van der Waals surface area contributed by atoms with Crippen LogP contribution in [-0.4, -0.2) is 21.1 Å². The Balaban J connectivity index is 1.69. The number of rotatable bonds is 3. The summed E-state index contributed by atoms with van der Waals surface area (Å²) in [7, 11) is 0. The van der Waals surface area contributed by atoms with Gasteiger partial charge in [0, 0.05) is 5.56 Å². The molecule has 2 N–H and O–H groups in total. The van der Waals surface area contributed by atoms with Crippen molar-refractivity contribution in [1.29, 1.82) is 0 Å². The van der Waals surface area contributed by atoms with E-state index in [4.69, 9.17) is 0 Å². The van der Waals surface area contributed by atoms with Crippen LogP contribution < -0.4 is 5.32 Å². The van der Waals surface area contributed by atoms with E-state index in [0.29, 0.717) is 12.4 Å². The maximum absolute atomic E-state index is 12.1. The van der Waals surface area contributed by atoms with Crippen LogP contribution >= 0.6 is 0 Å². The number of H-pyrrole nitrogens is 1. The zero-order valence-corrected chi connectivity index (χ0v) is 10.6. The molecule has 98 valence electrons. The molecule has 1 heterocycles. The highest BCUT2D eigenvalue weighted by Gasteiger charge is 2.12. The summed E-state index contributed by atoms with van der Waals surface area (Å²) >= 11 is 0. The van der Waals surface area contributed by atoms with Gasteiger partial charge in [0.15, 0.2) is 0 Å². The number of benzene rings is 1. The van der Waals surface area contributed by atoms with Gasteiger partial charge < -0.3 is 5.32 Å². The van der Waals surface area contributed by atoms with Gasteiger partial charge >= 0.3 is 0 Å². The van der Waals surface area contributed by atoms with Gasteiger partial charge in [0.25, 0.3) is 5.91 Å². The summed E-state index contributed by atoms with van der Waals surface area (Å²) in [5.74, 6) is 0.594. The number of fused-ring (bicyclic) bond motifs is 1. The largest absolute Gasteiger partial charge is 0.345 e. The van der Waals surface area contributed by atoms with Gasteiger partial charge in [-0.2, -0.15) is 5.10 Å². The van der Waals surface area contributed by atoms with Crippen molar-refractivity contribution in [2.45, 2.75) is 32.2 Å². The lowest BCUT2D eigenvalue weighted by Crippen LogP contribution is -2.23. The van der Waals surface area contributed by atoms with Crippen LogP contribution in [0.5, 0.6) is 0 Å². The number of carbonyl (C=O) groups is 1. The molecular formula is C14H16N4O. The number of aromatic amines is 1. The third kappa shape index (κ3) is 2.65. The molecule has 1 amide bonds. The van der Waals surface area contributed by atoms with Crippen molar-refractivity contribution in [3.8, 4) is 0 Å². The molecule has 0 unspecified atom stereocenters. The summed E-state index contributed by atoms with van der Waals surface area (Å²) in [5.41, 5.74) is 3.43. The molecule has 5 heteroatoms. The second kappa shape index (κ2) is 5.22. The lowest BCUT2D eigenvalue weighted by Gasteiger charge is -2.16. The molecule has 1 aromatic heterocycles. The second-order valence-electron chi connectivity index (χ2n) is 4.81. The molecule has 0 saturated heterocycles. The van der Waals surface area contributed by atoms with E-state index in [0.717, 1.165) is 18.4 Å². The van der Waals surface area contributed by atoms with Crippen molar-refractivity contribution in [1.82, 2.24) is 20.5 Å². The lowest BCUT2D eigenvalue weighted by atomic mass is 9.90. The maximum Gasteiger partial charge on any atom is 0.251 e. The Bertz CT molecular complexity index is 577. The quantitative estimate of drug-likeness (QED) is 0.876. The van der Waals surface area contributed by atoms with Crippen LogP contribution in [0.2, 0.25) is 0 Å². The molecule has 3 rings (SSSR count). The molecular weight excluding hydrogens is 240 g/mol. The van der Waals surface area contributed by atoms with Gasteiger partial charge in [-0.3, -0.25) is 9.89 Å². The molecule has 0 atom stereocenters. The third-order valence-corrected chi connectivity index (χ3v) is 3.49. The highest BCUT2D eigenvalue weighted by Crippen LogP contribution is 2.22. The number of nitrogens with zero attached hydrogens (tertiary/aromatic N) is 2. The summed E-state index contributed by atoms with van der Waals surface area (Å²) in [6.07, 6.45) is 6.12. The van der Waals surface area contributed by atoms with Crippen molar-refractivity contribution < 1.29 is 4.79 Å². The van der Waals surface area contributed by atoms with E-state index in [-0.39, 0.29) is 5.91 Å². The van der Waals surface area contributed by atoms with Crippen LogP contribution in [0.4, 0.5) is 0 Å². The average Bonchev–Trinajstić information content (AvgIpc) is 2.97. The summed E-state index contributed by atoms with van der Waals surface area (Å²) in [6, 6.07) is 6.00. The first-order valence-corrected chi connectivity index (χ1v) is 6.57. The van der Waals surface area contributed by atoms with E-state index in [1.807, 2.05) is 12.1 Å². The first kappa shape index (κ1) is 11.9. The Morgan fingerprint density at radius 2 is 2.11 bits per heavy atom. The molecule has 1 aliphatic rings. The highest BCUT2D eigenvalue weighted by atomic mass is 16.1. The molecule has 0 spiro atoms. The Hall–Kier alpha value is -2.17. The number of carbonyl (C=O) groups excluding carboxylic acids is 1. The summed E-state index contributed by atoms with van der Waals surface area (Å²) < 4.78 is 0. The van der Waals surface area contributed by atoms with E-state index >= 15 is 0 Å². The van der Waals surface area contributed by atoms with Crippen LogP contribution in [0.3, 0.4) is 0 Å². The SMILES string of the molecule is O=C(NCc1ncn[nH]1)c1ccc2c(c1)CCCC2. The molecule has 0 bridgehead atoms. The van der Waals surface area contributed by atoms with E-state index in [9.17, 15) is 4.79 Å². The van der Waals surface area contributed by atoms with Crippen LogP contribution in [0, 0.1) is 0 Å². The second-order valence-corrected chi connectivity index (χ2v) is 4.81. The maximum atomic E-state index is 12.1. The van der Waals surface area contributed by atoms with Crippen molar-refractivity contribution in [2.24, 2.45) is 0 Å². The Labute approximate surface area is 111 Å². The Morgan fingerprint density at radius 3 is 2.89 bits per heavy atom. The monoisotopic (exact) mass is 256 g/mol. The van der Waals surface area contributed by atoms with E-state index in [1.54, 1.807) is 0 Å². The van der Waals surface area contributed by atoms with Crippen LogP contribution in [0.1, 0.15) is 40.2 Å². The fourth-order valence-corrected chi connectivity index (χ4v) is 2.46. The molecule has 19 heavy (non-hydrogen) atoms. The molecule has 2 aromatic rings. The first-order valence-electron chi connectivity index (χ1n) is 6.57.